The van der Waals surface area contributed by atoms with Crippen molar-refractivity contribution in [2.75, 3.05) is 0 Å². The second-order valence-corrected chi connectivity index (χ2v) is 13.0. The summed E-state index contributed by atoms with van der Waals surface area (Å²) in [5.74, 6) is -0.483. The van der Waals surface area contributed by atoms with Gasteiger partial charge in [-0.25, -0.2) is 4.45 Å². The zero-order chi connectivity index (χ0) is 25.3. The molecule has 184 valence electrons. The Morgan fingerprint density at radius 1 is 0.941 bits per heavy atom. The van der Waals surface area contributed by atoms with Crippen molar-refractivity contribution in [2.45, 2.75) is 91.1 Å². The Balaban J connectivity index is 1.91. The Morgan fingerprint density at radius 2 is 1.44 bits per heavy atom. The van der Waals surface area contributed by atoms with Crippen LogP contribution in [0.4, 0.5) is 4.39 Å². The lowest BCUT2D eigenvalue weighted by Crippen LogP contribution is -2.41. The highest BCUT2D eigenvalue weighted by Crippen LogP contribution is 2.45. The number of allylic oxidation sites excluding steroid dienone is 1. The number of aromatic nitrogens is 2. The largest absolute Gasteiger partial charge is 0.494 e. The molecule has 0 bridgehead atoms. The molecule has 0 saturated carbocycles. The molecule has 2 aliphatic rings. The van der Waals surface area contributed by atoms with Crippen LogP contribution >= 0.6 is 28.4 Å². The standard InChI is InChI=1S/C23H33B2FIN2O4P/c1-10-16(24-30-20(2,3)21(4,5)31-24)18(25-32-22(6,7)23(8,9)33-25)14-11-12-17-15(13-14)19(26)28-29(17)34-27/h11-13,34H,10H2,1-9H3/b18-16-. The van der Waals surface area contributed by atoms with Crippen LogP contribution in [0.25, 0.3) is 16.4 Å². The molecule has 1 unspecified atom stereocenters. The second-order valence-electron chi connectivity index (χ2n) is 11.0. The molecule has 34 heavy (non-hydrogen) atoms. The van der Waals surface area contributed by atoms with Crippen LogP contribution in [0, 0.1) is 5.95 Å². The Labute approximate surface area is 217 Å². The summed E-state index contributed by atoms with van der Waals surface area (Å²) in [5, 5.41) is 4.53. The van der Waals surface area contributed by atoms with E-state index in [2.05, 4.69) is 34.1 Å². The smallest absolute Gasteiger partial charge is 0.400 e. The number of hydrogen-bond acceptors (Lipinski definition) is 5. The van der Waals surface area contributed by atoms with Gasteiger partial charge >= 0.3 is 14.2 Å². The zero-order valence-corrected chi connectivity index (χ0v) is 24.5. The molecule has 2 aromatic rings. The first-order chi connectivity index (χ1) is 15.6. The maximum absolute atomic E-state index is 14.8. The SMILES string of the molecule is CC/C(B1OC(C)(C)C(C)(C)O1)=C(/B1OC(C)(C)C(C)(C)O1)c1ccc2c(c1)c(F)nn2PI. The number of nitrogens with zero attached hydrogens (tertiary/aromatic N) is 2. The van der Waals surface area contributed by atoms with E-state index in [4.69, 9.17) is 18.6 Å². The van der Waals surface area contributed by atoms with Gasteiger partial charge in [0.15, 0.2) is 0 Å². The molecule has 3 heterocycles. The van der Waals surface area contributed by atoms with Crippen molar-refractivity contribution < 1.29 is 23.0 Å². The van der Waals surface area contributed by atoms with E-state index in [9.17, 15) is 4.39 Å². The predicted molar refractivity (Wildman–Crippen MR) is 147 cm³/mol. The van der Waals surface area contributed by atoms with Crippen molar-refractivity contribution in [3.05, 3.63) is 35.2 Å². The first kappa shape index (κ1) is 26.6. The highest BCUT2D eigenvalue weighted by Gasteiger charge is 2.56. The monoisotopic (exact) mass is 600 g/mol. The third-order valence-electron chi connectivity index (χ3n) is 7.78. The molecule has 1 aromatic heterocycles. The van der Waals surface area contributed by atoms with Gasteiger partial charge in [-0.1, -0.05) is 13.0 Å². The molecule has 0 radical (unpaired) electrons. The number of fused-ring (bicyclic) bond motifs is 1. The van der Waals surface area contributed by atoms with Gasteiger partial charge in [0.1, 0.15) is 0 Å². The predicted octanol–water partition coefficient (Wildman–Crippen LogP) is 6.39. The van der Waals surface area contributed by atoms with Gasteiger partial charge < -0.3 is 18.6 Å². The molecule has 6 nitrogen and oxygen atoms in total. The van der Waals surface area contributed by atoms with E-state index in [0.29, 0.717) is 18.2 Å². The summed E-state index contributed by atoms with van der Waals surface area (Å²) in [6.45, 7) is 18.3. The Morgan fingerprint density at radius 3 is 1.91 bits per heavy atom. The van der Waals surface area contributed by atoms with Crippen LogP contribution in [0.2, 0.25) is 0 Å². The summed E-state index contributed by atoms with van der Waals surface area (Å²) in [6, 6.07) is 5.74. The lowest BCUT2D eigenvalue weighted by molar-refractivity contribution is 0.00578. The fraction of sp³-hybridized carbons (Fsp3) is 0.609. The molecule has 0 spiro atoms. The zero-order valence-electron chi connectivity index (χ0n) is 21.4. The van der Waals surface area contributed by atoms with Gasteiger partial charge in [-0.3, -0.25) is 0 Å². The molecular weight excluding hydrogens is 567 g/mol. The number of rotatable bonds is 5. The summed E-state index contributed by atoms with van der Waals surface area (Å²) >= 11 is 2.20. The minimum atomic E-state index is -0.652. The summed E-state index contributed by atoms with van der Waals surface area (Å²) < 4.78 is 42.3. The van der Waals surface area contributed by atoms with Crippen molar-refractivity contribution in [2.24, 2.45) is 0 Å². The summed E-state index contributed by atoms with van der Waals surface area (Å²) in [4.78, 5) is 0. The minimum Gasteiger partial charge on any atom is -0.400 e. The third-order valence-corrected chi connectivity index (χ3v) is 9.65. The van der Waals surface area contributed by atoms with E-state index in [-0.39, 0.29) is 0 Å². The molecule has 0 aliphatic carbocycles. The Hall–Kier alpha value is -0.510. The summed E-state index contributed by atoms with van der Waals surface area (Å²) in [7, 11) is -1.22. The average molecular weight is 600 g/mol. The first-order valence-corrected chi connectivity index (χ1v) is 15.7. The summed E-state index contributed by atoms with van der Waals surface area (Å²) in [5.41, 5.74) is 1.30. The molecule has 1 aromatic carbocycles. The van der Waals surface area contributed by atoms with E-state index in [1.807, 2.05) is 73.6 Å². The molecule has 0 amide bonds. The van der Waals surface area contributed by atoms with Crippen molar-refractivity contribution in [1.29, 1.82) is 0 Å². The number of benzene rings is 1. The van der Waals surface area contributed by atoms with Gasteiger partial charge in [0.2, 0.25) is 5.95 Å². The Kier molecular flexibility index (Phi) is 6.88. The van der Waals surface area contributed by atoms with Crippen LogP contribution in [0.5, 0.6) is 0 Å². The van der Waals surface area contributed by atoms with Gasteiger partial charge in [-0.05, 0) is 112 Å². The van der Waals surface area contributed by atoms with Gasteiger partial charge in [0, 0.05) is 0 Å². The minimum absolute atomic E-state index is 0.307. The van der Waals surface area contributed by atoms with Crippen molar-refractivity contribution >= 4 is 59.0 Å². The first-order valence-electron chi connectivity index (χ1n) is 11.6. The molecule has 4 rings (SSSR count). The van der Waals surface area contributed by atoms with Gasteiger partial charge in [-0.2, -0.15) is 4.39 Å². The molecule has 0 N–H and O–H groups in total. The van der Waals surface area contributed by atoms with Gasteiger partial charge in [0.25, 0.3) is 0 Å². The van der Waals surface area contributed by atoms with E-state index in [1.54, 1.807) is 4.45 Å². The van der Waals surface area contributed by atoms with E-state index < -0.39 is 42.6 Å². The van der Waals surface area contributed by atoms with Crippen molar-refractivity contribution in [3.8, 4) is 0 Å². The normalized spacial score (nSPS) is 24.0. The fourth-order valence-corrected chi connectivity index (χ4v) is 5.73. The lowest BCUT2D eigenvalue weighted by Gasteiger charge is -2.32. The maximum atomic E-state index is 14.8. The quantitative estimate of drug-likeness (QED) is 0.226. The fourth-order valence-electron chi connectivity index (χ4n) is 4.22. The average Bonchev–Trinajstić information content (AvgIpc) is 3.24. The van der Waals surface area contributed by atoms with Crippen LogP contribution in [-0.4, -0.2) is 46.2 Å². The highest BCUT2D eigenvalue weighted by atomic mass is 127. The van der Waals surface area contributed by atoms with Crippen LogP contribution in [0.3, 0.4) is 0 Å². The molecule has 2 aliphatic heterocycles. The van der Waals surface area contributed by atoms with E-state index >= 15 is 0 Å². The van der Waals surface area contributed by atoms with Crippen LogP contribution in [0.1, 0.15) is 74.3 Å². The number of hydrogen-bond donors (Lipinski definition) is 0. The molecule has 11 heteroatoms. The van der Waals surface area contributed by atoms with Crippen molar-refractivity contribution in [1.82, 2.24) is 9.55 Å². The molecule has 2 fully saturated rings. The summed E-state index contributed by atoms with van der Waals surface area (Å²) in [6.07, 6.45) is 0.965. The highest BCUT2D eigenvalue weighted by molar-refractivity contribution is 14.2. The van der Waals surface area contributed by atoms with Gasteiger partial charge in [-0.15, -0.1) is 5.10 Å². The third kappa shape index (κ3) is 4.30. The topological polar surface area (TPSA) is 54.7 Å². The van der Waals surface area contributed by atoms with Crippen LogP contribution in [-0.2, 0) is 18.6 Å². The molecule has 1 atom stereocenters. The van der Waals surface area contributed by atoms with E-state index in [1.165, 1.54) is 0 Å². The molecular formula is C23H33B2FIN2O4P. The van der Waals surface area contributed by atoms with Crippen molar-refractivity contribution in [3.63, 3.8) is 0 Å². The lowest BCUT2D eigenvalue weighted by atomic mass is 9.61. The maximum Gasteiger partial charge on any atom is 0.494 e. The van der Waals surface area contributed by atoms with Gasteiger partial charge in [0.05, 0.1) is 39.7 Å². The second kappa shape index (κ2) is 8.80. The number of halogens is 2. The van der Waals surface area contributed by atoms with Crippen LogP contribution < -0.4 is 0 Å². The van der Waals surface area contributed by atoms with Crippen LogP contribution in [0.15, 0.2) is 23.7 Å². The Bertz CT molecular complexity index is 1120. The van der Waals surface area contributed by atoms with E-state index in [0.717, 1.165) is 22.0 Å². The molecule has 2 saturated heterocycles.